The summed E-state index contributed by atoms with van der Waals surface area (Å²) >= 11 is 0. The van der Waals surface area contributed by atoms with Crippen LogP contribution in [-0.2, 0) is 14.8 Å². The van der Waals surface area contributed by atoms with Crippen molar-refractivity contribution >= 4 is 33.2 Å². The maximum atomic E-state index is 14.4. The van der Waals surface area contributed by atoms with Crippen LogP contribution in [0.1, 0.15) is 50.4 Å². The Labute approximate surface area is 188 Å². The highest BCUT2D eigenvalue weighted by atomic mass is 32.2. The fourth-order valence-electron chi connectivity index (χ4n) is 3.28. The minimum atomic E-state index is -4.02. The number of rotatable bonds is 5. The summed E-state index contributed by atoms with van der Waals surface area (Å²) in [7, 11) is -4.02. The van der Waals surface area contributed by atoms with Gasteiger partial charge in [0.1, 0.15) is 10.7 Å². The van der Waals surface area contributed by atoms with Crippen LogP contribution >= 0.6 is 0 Å². The lowest BCUT2D eigenvalue weighted by Gasteiger charge is -2.26. The standard InChI is InChI=1S/C23H28FN3O4S/c1-23(2,3)22(29)26-18-9-7-8-17(15-18)25-21(28)16-10-11-19(24)20(14-16)32(30,31)27-12-5-4-6-13-27/h7-11,14-15H,4-6,12-13H2,1-3H3,(H,25,28)(H,26,29). The maximum Gasteiger partial charge on any atom is 0.255 e. The summed E-state index contributed by atoms with van der Waals surface area (Å²) < 4.78 is 41.4. The lowest BCUT2D eigenvalue weighted by Crippen LogP contribution is -2.36. The van der Waals surface area contributed by atoms with Crippen molar-refractivity contribution in [3.63, 3.8) is 0 Å². The van der Waals surface area contributed by atoms with Crippen LogP contribution in [0, 0.1) is 11.2 Å². The van der Waals surface area contributed by atoms with Crippen LogP contribution in [0.15, 0.2) is 47.4 Å². The molecule has 2 amide bonds. The first-order valence-corrected chi connectivity index (χ1v) is 11.9. The van der Waals surface area contributed by atoms with E-state index in [1.54, 1.807) is 45.0 Å². The summed E-state index contributed by atoms with van der Waals surface area (Å²) in [5.41, 5.74) is 0.358. The van der Waals surface area contributed by atoms with Crippen molar-refractivity contribution < 1.29 is 22.4 Å². The van der Waals surface area contributed by atoms with Crippen LogP contribution in [0.4, 0.5) is 15.8 Å². The molecule has 1 aliphatic rings. The Hall–Kier alpha value is -2.78. The molecule has 0 bridgehead atoms. The van der Waals surface area contributed by atoms with Gasteiger partial charge in [0.2, 0.25) is 15.9 Å². The lowest BCUT2D eigenvalue weighted by molar-refractivity contribution is -0.123. The van der Waals surface area contributed by atoms with Gasteiger partial charge in [0.25, 0.3) is 5.91 Å². The molecule has 3 rings (SSSR count). The highest BCUT2D eigenvalue weighted by Crippen LogP contribution is 2.25. The van der Waals surface area contributed by atoms with Gasteiger partial charge in [0.15, 0.2) is 0 Å². The summed E-state index contributed by atoms with van der Waals surface area (Å²) in [6.45, 7) is 6.05. The van der Waals surface area contributed by atoms with Crippen molar-refractivity contribution in [3.8, 4) is 0 Å². The van der Waals surface area contributed by atoms with Crippen LogP contribution in [0.25, 0.3) is 0 Å². The smallest absolute Gasteiger partial charge is 0.255 e. The molecule has 0 radical (unpaired) electrons. The predicted molar refractivity (Wildman–Crippen MR) is 121 cm³/mol. The van der Waals surface area contributed by atoms with Gasteiger partial charge in [0, 0.05) is 35.4 Å². The maximum absolute atomic E-state index is 14.4. The van der Waals surface area contributed by atoms with E-state index in [0.717, 1.165) is 31.4 Å². The molecule has 1 heterocycles. The van der Waals surface area contributed by atoms with Crippen LogP contribution in [0.3, 0.4) is 0 Å². The molecule has 0 atom stereocenters. The Morgan fingerprint density at radius 2 is 1.56 bits per heavy atom. The van der Waals surface area contributed by atoms with Crippen molar-refractivity contribution in [2.45, 2.75) is 44.9 Å². The highest BCUT2D eigenvalue weighted by Gasteiger charge is 2.29. The van der Waals surface area contributed by atoms with Crippen molar-refractivity contribution in [2.75, 3.05) is 23.7 Å². The average Bonchev–Trinajstić information content (AvgIpc) is 2.74. The number of halogens is 1. The minimum absolute atomic E-state index is 0.0196. The number of nitrogens with zero attached hydrogens (tertiary/aromatic N) is 1. The number of benzene rings is 2. The molecule has 2 N–H and O–H groups in total. The van der Waals surface area contributed by atoms with Gasteiger partial charge >= 0.3 is 0 Å². The van der Waals surface area contributed by atoms with Crippen molar-refractivity contribution in [3.05, 3.63) is 53.8 Å². The Morgan fingerprint density at radius 3 is 2.19 bits per heavy atom. The quantitative estimate of drug-likeness (QED) is 0.696. The number of hydrogen-bond donors (Lipinski definition) is 2. The van der Waals surface area contributed by atoms with Crippen LogP contribution in [-0.4, -0.2) is 37.6 Å². The van der Waals surface area contributed by atoms with E-state index in [4.69, 9.17) is 0 Å². The molecular formula is C23H28FN3O4S. The SMILES string of the molecule is CC(C)(C)C(=O)Nc1cccc(NC(=O)c2ccc(F)c(S(=O)(=O)N3CCCCC3)c2)c1. The second kappa shape index (κ2) is 9.38. The van der Waals surface area contributed by atoms with E-state index in [-0.39, 0.29) is 11.5 Å². The number of piperidine rings is 1. The largest absolute Gasteiger partial charge is 0.326 e. The van der Waals surface area contributed by atoms with E-state index in [1.165, 1.54) is 10.4 Å². The Balaban J connectivity index is 1.80. The van der Waals surface area contributed by atoms with Crippen molar-refractivity contribution in [1.82, 2.24) is 4.31 Å². The zero-order chi connectivity index (χ0) is 23.5. The molecule has 2 aromatic carbocycles. The predicted octanol–water partition coefficient (Wildman–Crippen LogP) is 4.24. The molecule has 7 nitrogen and oxygen atoms in total. The molecule has 0 aromatic heterocycles. The van der Waals surface area contributed by atoms with Gasteiger partial charge in [-0.3, -0.25) is 9.59 Å². The Morgan fingerprint density at radius 1 is 0.938 bits per heavy atom. The minimum Gasteiger partial charge on any atom is -0.326 e. The molecule has 1 fully saturated rings. The molecule has 0 unspecified atom stereocenters. The fourth-order valence-corrected chi connectivity index (χ4v) is 4.89. The number of nitrogens with one attached hydrogen (secondary N) is 2. The van der Waals surface area contributed by atoms with E-state index in [9.17, 15) is 22.4 Å². The molecule has 0 spiro atoms. The van der Waals surface area contributed by atoms with E-state index < -0.39 is 32.1 Å². The van der Waals surface area contributed by atoms with E-state index >= 15 is 0 Å². The van der Waals surface area contributed by atoms with Gasteiger partial charge in [-0.2, -0.15) is 4.31 Å². The van der Waals surface area contributed by atoms with Gasteiger partial charge < -0.3 is 10.6 Å². The summed E-state index contributed by atoms with van der Waals surface area (Å²) in [6, 6.07) is 9.90. The molecule has 2 aromatic rings. The summed E-state index contributed by atoms with van der Waals surface area (Å²) in [6.07, 6.45) is 2.39. The second-order valence-corrected chi connectivity index (χ2v) is 10.8. The summed E-state index contributed by atoms with van der Waals surface area (Å²) in [4.78, 5) is 24.4. The number of sulfonamides is 1. The Bertz CT molecular complexity index is 1120. The molecular weight excluding hydrogens is 433 g/mol. The molecule has 1 saturated heterocycles. The number of carbonyl (C=O) groups is 2. The molecule has 172 valence electrons. The second-order valence-electron chi connectivity index (χ2n) is 8.85. The average molecular weight is 462 g/mol. The fraction of sp³-hybridized carbons (Fsp3) is 0.391. The first-order valence-electron chi connectivity index (χ1n) is 10.5. The number of amides is 2. The van der Waals surface area contributed by atoms with Crippen LogP contribution in [0.5, 0.6) is 0 Å². The van der Waals surface area contributed by atoms with E-state index in [0.29, 0.717) is 24.5 Å². The van der Waals surface area contributed by atoms with Gasteiger partial charge in [-0.1, -0.05) is 33.3 Å². The normalized spacial score (nSPS) is 15.2. The van der Waals surface area contributed by atoms with Crippen LogP contribution in [0.2, 0.25) is 0 Å². The molecule has 9 heteroatoms. The van der Waals surface area contributed by atoms with Gasteiger partial charge in [0.05, 0.1) is 0 Å². The van der Waals surface area contributed by atoms with E-state index in [1.807, 2.05) is 0 Å². The van der Waals surface area contributed by atoms with Crippen LogP contribution < -0.4 is 10.6 Å². The van der Waals surface area contributed by atoms with Gasteiger partial charge in [-0.15, -0.1) is 0 Å². The molecule has 0 saturated carbocycles. The summed E-state index contributed by atoms with van der Waals surface area (Å²) in [5.74, 6) is -1.65. The summed E-state index contributed by atoms with van der Waals surface area (Å²) in [5, 5.41) is 5.45. The molecule has 1 aliphatic heterocycles. The first kappa shape index (κ1) is 23.9. The number of carbonyl (C=O) groups excluding carboxylic acids is 2. The lowest BCUT2D eigenvalue weighted by atomic mass is 9.95. The first-order chi connectivity index (χ1) is 15.0. The monoisotopic (exact) mass is 461 g/mol. The van der Waals surface area contributed by atoms with Crippen molar-refractivity contribution in [1.29, 1.82) is 0 Å². The third-order valence-electron chi connectivity index (χ3n) is 5.19. The van der Waals surface area contributed by atoms with Gasteiger partial charge in [-0.25, -0.2) is 12.8 Å². The topological polar surface area (TPSA) is 95.6 Å². The zero-order valence-corrected chi connectivity index (χ0v) is 19.3. The van der Waals surface area contributed by atoms with Crippen molar-refractivity contribution in [2.24, 2.45) is 5.41 Å². The molecule has 32 heavy (non-hydrogen) atoms. The van der Waals surface area contributed by atoms with Gasteiger partial charge in [-0.05, 0) is 49.2 Å². The zero-order valence-electron chi connectivity index (χ0n) is 18.4. The third kappa shape index (κ3) is 5.52. The Kier molecular flexibility index (Phi) is 7.00. The number of hydrogen-bond acceptors (Lipinski definition) is 4. The number of anilines is 2. The molecule has 0 aliphatic carbocycles. The third-order valence-corrected chi connectivity index (χ3v) is 7.10. The van der Waals surface area contributed by atoms with E-state index in [2.05, 4.69) is 10.6 Å². The highest BCUT2D eigenvalue weighted by molar-refractivity contribution is 7.89.